The van der Waals surface area contributed by atoms with E-state index in [4.69, 9.17) is 4.98 Å². The molecule has 0 spiro atoms. The van der Waals surface area contributed by atoms with Crippen LogP contribution in [0.25, 0.3) is 0 Å². The van der Waals surface area contributed by atoms with E-state index in [1.165, 1.54) is 36.4 Å². The number of carbonyl (C=O) groups is 1. The van der Waals surface area contributed by atoms with Gasteiger partial charge in [0, 0.05) is 49.7 Å². The second-order valence-electron chi connectivity index (χ2n) is 7.93. The molecule has 1 aliphatic carbocycles. The number of aromatic nitrogens is 2. The van der Waals surface area contributed by atoms with Crippen LogP contribution in [0.5, 0.6) is 0 Å². The number of nitrogens with zero attached hydrogens (tertiary/aromatic N) is 4. The molecule has 2 amide bonds. The first-order valence-electron chi connectivity index (χ1n) is 10.4. The molecule has 1 saturated heterocycles. The summed E-state index contributed by atoms with van der Waals surface area (Å²) in [6, 6.07) is 10.9. The first kappa shape index (κ1) is 19.2. The molecule has 0 bridgehead atoms. The Morgan fingerprint density at radius 3 is 2.71 bits per heavy atom. The van der Waals surface area contributed by atoms with Gasteiger partial charge in [0.15, 0.2) is 0 Å². The van der Waals surface area contributed by atoms with Crippen LogP contribution in [0.3, 0.4) is 0 Å². The normalized spacial score (nSPS) is 21.0. The quantitative estimate of drug-likeness (QED) is 0.852. The second kappa shape index (κ2) is 8.90. The molecular weight excluding hydrogens is 370 g/mol. The van der Waals surface area contributed by atoms with E-state index in [1.807, 2.05) is 23.1 Å². The van der Waals surface area contributed by atoms with Gasteiger partial charge in [0.05, 0.1) is 0 Å². The fourth-order valence-electron chi connectivity index (χ4n) is 4.16. The molecule has 1 aromatic heterocycles. The number of piperazine rings is 1. The van der Waals surface area contributed by atoms with Crippen LogP contribution >= 0.6 is 11.5 Å². The van der Waals surface area contributed by atoms with E-state index in [2.05, 4.69) is 33.6 Å². The maximum Gasteiger partial charge on any atom is 0.317 e. The van der Waals surface area contributed by atoms with E-state index >= 15 is 0 Å². The molecule has 6 nitrogen and oxygen atoms in total. The summed E-state index contributed by atoms with van der Waals surface area (Å²) in [6.07, 6.45) is 6.77. The summed E-state index contributed by atoms with van der Waals surface area (Å²) in [5, 5.41) is 4.21. The minimum absolute atomic E-state index is 0.0982. The number of anilines is 1. The summed E-state index contributed by atoms with van der Waals surface area (Å²) in [5.41, 5.74) is 1.23. The zero-order valence-corrected chi connectivity index (χ0v) is 17.3. The highest BCUT2D eigenvalue weighted by Crippen LogP contribution is 2.23. The first-order chi connectivity index (χ1) is 13.7. The molecule has 2 heterocycles. The maximum atomic E-state index is 12.7. The Kier molecular flexibility index (Phi) is 6.10. The molecule has 150 valence electrons. The summed E-state index contributed by atoms with van der Waals surface area (Å²) in [4.78, 5) is 21.7. The van der Waals surface area contributed by atoms with Crippen molar-refractivity contribution in [1.29, 1.82) is 0 Å². The Morgan fingerprint density at radius 1 is 1.18 bits per heavy atom. The Hall–Kier alpha value is -2.15. The SMILES string of the molecule is C[C@@H]1CN(c2nc(Cc3ccccc3)ns2)CCN1C(=O)NC1CCCCC1. The standard InChI is InChI=1S/C21H29N5OS/c1-16-15-25(12-13-26(16)20(27)22-18-10-6-3-7-11-18)21-23-19(24-28-21)14-17-8-4-2-5-9-17/h2,4-5,8-9,16,18H,3,6-7,10-15H2,1H3,(H,22,27)/t16-/m1/s1. The molecule has 1 saturated carbocycles. The number of benzene rings is 1. The zero-order chi connectivity index (χ0) is 19.3. The summed E-state index contributed by atoms with van der Waals surface area (Å²) in [7, 11) is 0. The van der Waals surface area contributed by atoms with Crippen LogP contribution in [0.2, 0.25) is 0 Å². The van der Waals surface area contributed by atoms with Gasteiger partial charge in [-0.3, -0.25) is 0 Å². The highest BCUT2D eigenvalue weighted by Gasteiger charge is 2.30. The molecule has 2 fully saturated rings. The topological polar surface area (TPSA) is 61.4 Å². The predicted molar refractivity (Wildman–Crippen MR) is 113 cm³/mol. The van der Waals surface area contributed by atoms with E-state index in [9.17, 15) is 4.79 Å². The molecule has 1 atom stereocenters. The van der Waals surface area contributed by atoms with Gasteiger partial charge in [-0.2, -0.15) is 4.37 Å². The number of hydrogen-bond acceptors (Lipinski definition) is 5. The largest absolute Gasteiger partial charge is 0.343 e. The second-order valence-corrected chi connectivity index (χ2v) is 8.66. The molecule has 0 radical (unpaired) electrons. The Balaban J connectivity index is 1.32. The van der Waals surface area contributed by atoms with Gasteiger partial charge in [-0.25, -0.2) is 9.78 Å². The van der Waals surface area contributed by atoms with Crippen molar-refractivity contribution in [2.75, 3.05) is 24.5 Å². The van der Waals surface area contributed by atoms with Crippen molar-refractivity contribution in [3.63, 3.8) is 0 Å². The average Bonchev–Trinajstić information content (AvgIpc) is 3.18. The number of hydrogen-bond donors (Lipinski definition) is 1. The molecule has 1 aliphatic heterocycles. The van der Waals surface area contributed by atoms with Gasteiger partial charge in [-0.05, 0) is 25.3 Å². The van der Waals surface area contributed by atoms with E-state index in [1.54, 1.807) is 0 Å². The van der Waals surface area contributed by atoms with Crippen LogP contribution in [0.4, 0.5) is 9.93 Å². The monoisotopic (exact) mass is 399 g/mol. The van der Waals surface area contributed by atoms with Gasteiger partial charge in [0.25, 0.3) is 0 Å². The fourth-order valence-corrected chi connectivity index (χ4v) is 4.88. The minimum Gasteiger partial charge on any atom is -0.343 e. The molecular formula is C21H29N5OS. The third-order valence-electron chi connectivity index (χ3n) is 5.75. The Labute approximate surface area is 171 Å². The minimum atomic E-state index is 0.0982. The number of amides is 2. The molecule has 7 heteroatoms. The van der Waals surface area contributed by atoms with Gasteiger partial charge >= 0.3 is 6.03 Å². The fraction of sp³-hybridized carbons (Fsp3) is 0.571. The molecule has 2 aromatic rings. The first-order valence-corrected chi connectivity index (χ1v) is 11.1. The van der Waals surface area contributed by atoms with E-state index < -0.39 is 0 Å². The third kappa shape index (κ3) is 4.63. The zero-order valence-electron chi connectivity index (χ0n) is 16.5. The van der Waals surface area contributed by atoms with Crippen LogP contribution in [0, 0.1) is 0 Å². The van der Waals surface area contributed by atoms with Crippen molar-refractivity contribution in [3.05, 3.63) is 41.7 Å². The van der Waals surface area contributed by atoms with Gasteiger partial charge in [0.1, 0.15) is 5.82 Å². The van der Waals surface area contributed by atoms with Gasteiger partial charge in [0.2, 0.25) is 5.13 Å². The van der Waals surface area contributed by atoms with E-state index in [0.29, 0.717) is 6.04 Å². The van der Waals surface area contributed by atoms with Crippen molar-refractivity contribution in [2.45, 2.75) is 57.5 Å². The van der Waals surface area contributed by atoms with Crippen molar-refractivity contribution >= 4 is 22.7 Å². The molecule has 0 unspecified atom stereocenters. The van der Waals surface area contributed by atoms with Crippen LogP contribution < -0.4 is 10.2 Å². The maximum absolute atomic E-state index is 12.7. The Bertz CT molecular complexity index is 774. The summed E-state index contributed by atoms with van der Waals surface area (Å²) in [5.74, 6) is 0.872. The third-order valence-corrected chi connectivity index (χ3v) is 6.57. The lowest BCUT2D eigenvalue weighted by molar-refractivity contribution is 0.165. The highest BCUT2D eigenvalue weighted by atomic mass is 32.1. The lowest BCUT2D eigenvalue weighted by atomic mass is 9.96. The van der Waals surface area contributed by atoms with Gasteiger partial charge in [-0.15, -0.1) is 0 Å². The van der Waals surface area contributed by atoms with Crippen molar-refractivity contribution in [2.24, 2.45) is 0 Å². The van der Waals surface area contributed by atoms with Crippen molar-refractivity contribution in [3.8, 4) is 0 Å². The van der Waals surface area contributed by atoms with Crippen LogP contribution in [-0.2, 0) is 6.42 Å². The molecule has 28 heavy (non-hydrogen) atoms. The lowest BCUT2D eigenvalue weighted by Crippen LogP contribution is -2.58. The number of carbonyl (C=O) groups excluding carboxylic acids is 1. The van der Waals surface area contributed by atoms with Gasteiger partial charge < -0.3 is 15.1 Å². The predicted octanol–water partition coefficient (Wildman–Crippen LogP) is 3.68. The summed E-state index contributed by atoms with van der Waals surface area (Å²) >= 11 is 1.46. The smallest absolute Gasteiger partial charge is 0.317 e. The van der Waals surface area contributed by atoms with Crippen molar-refractivity contribution in [1.82, 2.24) is 19.6 Å². The van der Waals surface area contributed by atoms with Crippen LogP contribution in [-0.4, -0.2) is 52.0 Å². The van der Waals surface area contributed by atoms with E-state index in [-0.39, 0.29) is 12.1 Å². The number of urea groups is 1. The highest BCUT2D eigenvalue weighted by molar-refractivity contribution is 7.09. The number of rotatable bonds is 4. The van der Waals surface area contributed by atoms with E-state index in [0.717, 1.165) is 49.9 Å². The Morgan fingerprint density at radius 2 is 1.96 bits per heavy atom. The molecule has 1 aromatic carbocycles. The summed E-state index contributed by atoms with van der Waals surface area (Å²) in [6.45, 7) is 4.46. The molecule has 1 N–H and O–H groups in total. The average molecular weight is 400 g/mol. The van der Waals surface area contributed by atoms with Crippen LogP contribution in [0.1, 0.15) is 50.4 Å². The molecule has 4 rings (SSSR count). The lowest BCUT2D eigenvalue weighted by Gasteiger charge is -2.40. The van der Waals surface area contributed by atoms with Gasteiger partial charge in [-0.1, -0.05) is 49.6 Å². The summed E-state index contributed by atoms with van der Waals surface area (Å²) < 4.78 is 4.54. The van der Waals surface area contributed by atoms with Crippen molar-refractivity contribution < 1.29 is 4.79 Å². The molecule has 2 aliphatic rings. The number of nitrogens with one attached hydrogen (secondary N) is 1. The van der Waals surface area contributed by atoms with Crippen LogP contribution in [0.15, 0.2) is 30.3 Å².